The van der Waals surface area contributed by atoms with Crippen LogP contribution in [0.5, 0.6) is 0 Å². The molecule has 1 unspecified atom stereocenters. The zero-order valence-corrected chi connectivity index (χ0v) is 16.2. The first-order valence-electron chi connectivity index (χ1n) is 9.02. The Morgan fingerprint density at radius 1 is 1.37 bits per heavy atom. The Morgan fingerprint density at radius 3 is 2.78 bits per heavy atom. The predicted octanol–water partition coefficient (Wildman–Crippen LogP) is 2.44. The van der Waals surface area contributed by atoms with E-state index in [1.165, 1.54) is 4.90 Å². The van der Waals surface area contributed by atoms with E-state index in [1.807, 2.05) is 19.9 Å². The molecule has 1 aromatic rings. The molecule has 1 N–H and O–H groups in total. The van der Waals surface area contributed by atoms with E-state index >= 15 is 0 Å². The third-order valence-corrected chi connectivity index (χ3v) is 5.47. The van der Waals surface area contributed by atoms with E-state index in [-0.39, 0.29) is 48.3 Å². The quantitative estimate of drug-likeness (QED) is 0.778. The van der Waals surface area contributed by atoms with Gasteiger partial charge < -0.3 is 10.1 Å². The third-order valence-electron chi connectivity index (χ3n) is 4.56. The normalized spacial score (nSPS) is 27.3. The summed E-state index contributed by atoms with van der Waals surface area (Å²) in [7, 11) is 0. The molecule has 3 rings (SSSR count). The maximum Gasteiger partial charge on any atom is 0.293 e. The molecule has 2 aliphatic rings. The molecule has 3 atom stereocenters. The second-order valence-corrected chi connectivity index (χ2v) is 7.83. The highest BCUT2D eigenvalue weighted by atomic mass is 32.2. The molecule has 0 radical (unpaired) electrons. The molecule has 0 spiro atoms. The Labute approximate surface area is 162 Å². The summed E-state index contributed by atoms with van der Waals surface area (Å²) in [5.41, 5.74) is 0.763. The maximum atomic E-state index is 12.4. The van der Waals surface area contributed by atoms with Gasteiger partial charge in [-0.2, -0.15) is 0 Å². The summed E-state index contributed by atoms with van der Waals surface area (Å²) in [5.74, 6) is -0.476. The monoisotopic (exact) mass is 389 g/mol. The van der Waals surface area contributed by atoms with Gasteiger partial charge in [-0.15, -0.1) is 0 Å². The summed E-state index contributed by atoms with van der Waals surface area (Å²) in [5, 5.41) is 2.53. The number of ether oxygens (including phenoxy) is 1. The van der Waals surface area contributed by atoms with E-state index in [1.54, 1.807) is 24.5 Å². The van der Waals surface area contributed by atoms with Gasteiger partial charge in [-0.3, -0.25) is 24.3 Å². The largest absolute Gasteiger partial charge is 0.376 e. The van der Waals surface area contributed by atoms with Crippen LogP contribution >= 0.6 is 11.8 Å². The van der Waals surface area contributed by atoms with Crippen molar-refractivity contribution in [2.24, 2.45) is 5.92 Å². The van der Waals surface area contributed by atoms with Crippen LogP contribution in [0.25, 0.3) is 6.08 Å². The second kappa shape index (κ2) is 8.67. The lowest BCUT2D eigenvalue weighted by Gasteiger charge is -2.31. The van der Waals surface area contributed by atoms with Crippen molar-refractivity contribution in [3.05, 3.63) is 35.0 Å². The number of rotatable bonds is 5. The highest BCUT2D eigenvalue weighted by Gasteiger charge is 2.35. The third kappa shape index (κ3) is 4.95. The summed E-state index contributed by atoms with van der Waals surface area (Å²) in [6, 6.07) is 3.58. The van der Waals surface area contributed by atoms with E-state index in [0.29, 0.717) is 17.7 Å². The van der Waals surface area contributed by atoms with Crippen molar-refractivity contribution < 1.29 is 19.1 Å². The van der Waals surface area contributed by atoms with Gasteiger partial charge in [0.05, 0.1) is 17.1 Å². The number of carbonyl (C=O) groups is 3. The molecule has 8 heteroatoms. The second-order valence-electron chi connectivity index (χ2n) is 6.84. The van der Waals surface area contributed by atoms with Crippen LogP contribution in [-0.4, -0.2) is 52.2 Å². The molecule has 2 saturated heterocycles. The Hall–Kier alpha value is -2.19. The van der Waals surface area contributed by atoms with Crippen LogP contribution in [0, 0.1) is 5.92 Å². The lowest BCUT2D eigenvalue weighted by molar-refractivity contribution is -0.133. The summed E-state index contributed by atoms with van der Waals surface area (Å²) in [4.78, 5) is 42.5. The van der Waals surface area contributed by atoms with Gasteiger partial charge in [0.2, 0.25) is 5.91 Å². The van der Waals surface area contributed by atoms with Gasteiger partial charge in [0.15, 0.2) is 0 Å². The molecular formula is C19H23N3O4S. The van der Waals surface area contributed by atoms with Crippen LogP contribution in [0.4, 0.5) is 4.79 Å². The molecular weight excluding hydrogens is 366 g/mol. The highest BCUT2D eigenvalue weighted by Crippen LogP contribution is 2.31. The first kappa shape index (κ1) is 19.6. The molecule has 3 amide bonds. The molecule has 27 heavy (non-hydrogen) atoms. The fourth-order valence-electron chi connectivity index (χ4n) is 3.36. The van der Waals surface area contributed by atoms with Gasteiger partial charge in [0, 0.05) is 31.4 Å². The Balaban J connectivity index is 1.52. The molecule has 3 heterocycles. The van der Waals surface area contributed by atoms with Gasteiger partial charge in [-0.25, -0.2) is 0 Å². The van der Waals surface area contributed by atoms with Gasteiger partial charge in [0.1, 0.15) is 0 Å². The minimum absolute atomic E-state index is 0.0464. The van der Waals surface area contributed by atoms with Gasteiger partial charge in [0.25, 0.3) is 11.1 Å². The van der Waals surface area contributed by atoms with Crippen molar-refractivity contribution >= 4 is 34.9 Å². The molecule has 0 saturated carbocycles. The maximum absolute atomic E-state index is 12.4. The van der Waals surface area contributed by atoms with E-state index in [2.05, 4.69) is 10.3 Å². The van der Waals surface area contributed by atoms with Gasteiger partial charge in [-0.1, -0.05) is 6.07 Å². The van der Waals surface area contributed by atoms with Crippen molar-refractivity contribution in [1.29, 1.82) is 0 Å². The number of hydrogen-bond donors (Lipinski definition) is 1. The van der Waals surface area contributed by atoms with Crippen LogP contribution in [0.2, 0.25) is 0 Å². The van der Waals surface area contributed by atoms with Crippen LogP contribution in [0.15, 0.2) is 29.4 Å². The van der Waals surface area contributed by atoms with Crippen molar-refractivity contribution in [3.8, 4) is 0 Å². The number of amides is 3. The molecule has 144 valence electrons. The minimum atomic E-state index is -0.337. The predicted molar refractivity (Wildman–Crippen MR) is 103 cm³/mol. The van der Waals surface area contributed by atoms with Crippen molar-refractivity contribution in [2.75, 3.05) is 13.1 Å². The topological polar surface area (TPSA) is 88.6 Å². The highest BCUT2D eigenvalue weighted by molar-refractivity contribution is 8.18. The van der Waals surface area contributed by atoms with Crippen LogP contribution in [-0.2, 0) is 14.3 Å². The molecule has 0 aromatic carbocycles. The number of thioether (sulfide) groups is 1. The zero-order chi connectivity index (χ0) is 19.4. The summed E-state index contributed by atoms with van der Waals surface area (Å²) < 4.78 is 5.65. The lowest BCUT2D eigenvalue weighted by Crippen LogP contribution is -2.42. The van der Waals surface area contributed by atoms with Crippen LogP contribution < -0.4 is 5.32 Å². The molecule has 0 bridgehead atoms. The standard InChI is InChI=1S/C19H23N3O4S/c1-12-8-15(9-13(2)26-12)17(23)21-6-7-22-18(24)16(27-19(22)25)10-14-4-3-5-20-11-14/h3-5,10-13,15H,6-9H2,1-2H3,(H,21,23)/b16-10+/t12-,13+,15?. The average Bonchev–Trinajstić information content (AvgIpc) is 2.89. The number of pyridine rings is 1. The summed E-state index contributed by atoms with van der Waals surface area (Å²) in [6.07, 6.45) is 6.42. The van der Waals surface area contributed by atoms with E-state index in [9.17, 15) is 14.4 Å². The number of carbonyl (C=O) groups excluding carboxylic acids is 3. The molecule has 2 fully saturated rings. The summed E-state index contributed by atoms with van der Waals surface area (Å²) >= 11 is 0.906. The Kier molecular flexibility index (Phi) is 6.28. The fraction of sp³-hybridized carbons (Fsp3) is 0.474. The lowest BCUT2D eigenvalue weighted by atomic mass is 9.92. The summed E-state index contributed by atoms with van der Waals surface area (Å²) in [6.45, 7) is 4.34. The van der Waals surface area contributed by atoms with E-state index in [0.717, 1.165) is 17.3 Å². The Morgan fingerprint density at radius 2 is 2.11 bits per heavy atom. The number of nitrogens with zero attached hydrogens (tertiary/aromatic N) is 2. The first-order chi connectivity index (χ1) is 12.9. The van der Waals surface area contributed by atoms with Gasteiger partial charge in [-0.05, 0) is 56.2 Å². The molecule has 1 aromatic heterocycles. The number of hydrogen-bond acceptors (Lipinski definition) is 6. The number of nitrogens with one attached hydrogen (secondary N) is 1. The average molecular weight is 389 g/mol. The van der Waals surface area contributed by atoms with E-state index < -0.39 is 0 Å². The van der Waals surface area contributed by atoms with Crippen LogP contribution in [0.3, 0.4) is 0 Å². The molecule has 0 aliphatic carbocycles. The fourth-order valence-corrected chi connectivity index (χ4v) is 4.23. The van der Waals surface area contributed by atoms with Gasteiger partial charge >= 0.3 is 0 Å². The number of aromatic nitrogens is 1. The first-order valence-corrected chi connectivity index (χ1v) is 9.84. The smallest absolute Gasteiger partial charge is 0.293 e. The SMILES string of the molecule is C[C@@H]1CC(C(=O)NCCN2C(=O)S/C(=C/c3cccnc3)C2=O)C[C@H](C)O1. The Bertz CT molecular complexity index is 743. The minimum Gasteiger partial charge on any atom is -0.376 e. The number of imide groups is 1. The van der Waals surface area contributed by atoms with Crippen LogP contribution in [0.1, 0.15) is 32.3 Å². The van der Waals surface area contributed by atoms with Crippen molar-refractivity contribution in [1.82, 2.24) is 15.2 Å². The van der Waals surface area contributed by atoms with Crippen molar-refractivity contribution in [2.45, 2.75) is 38.9 Å². The molecule has 2 aliphatic heterocycles. The zero-order valence-electron chi connectivity index (χ0n) is 15.4. The van der Waals surface area contributed by atoms with E-state index in [4.69, 9.17) is 4.74 Å². The van der Waals surface area contributed by atoms with Crippen molar-refractivity contribution in [3.63, 3.8) is 0 Å². The molecule has 7 nitrogen and oxygen atoms in total.